The van der Waals surface area contributed by atoms with E-state index in [9.17, 15) is 29.8 Å². The maximum absolute atomic E-state index is 12.0. The van der Waals surface area contributed by atoms with Crippen LogP contribution in [0.3, 0.4) is 0 Å². The molecule has 12 nitrogen and oxygen atoms in total. The summed E-state index contributed by atoms with van der Waals surface area (Å²) in [6, 6.07) is 2.46. The number of non-ortho nitro benzene ring substituents is 2. The Morgan fingerprint density at radius 1 is 1.12 bits per heavy atom. The highest BCUT2D eigenvalue weighted by Crippen LogP contribution is 2.22. The van der Waals surface area contributed by atoms with Crippen molar-refractivity contribution in [2.24, 2.45) is 0 Å². The lowest BCUT2D eigenvalue weighted by molar-refractivity contribution is -0.394. The monoisotopic (exact) mass is 385 g/mol. The number of thiocarbonyl (C=S) groups is 1. The Labute approximate surface area is 152 Å². The smallest absolute Gasteiger partial charge is 0.277 e. The summed E-state index contributed by atoms with van der Waals surface area (Å²) in [4.78, 5) is 43.4. The summed E-state index contributed by atoms with van der Waals surface area (Å²) in [5, 5.41) is 23.5. The fourth-order valence-electron chi connectivity index (χ4n) is 1.64. The van der Waals surface area contributed by atoms with E-state index in [2.05, 4.69) is 16.2 Å². The average Bonchev–Trinajstić information content (AvgIpc) is 2.59. The van der Waals surface area contributed by atoms with E-state index in [1.54, 1.807) is 6.92 Å². The van der Waals surface area contributed by atoms with Crippen molar-refractivity contribution in [3.05, 3.63) is 44.0 Å². The molecule has 26 heavy (non-hydrogen) atoms. The number of hydrogen-bond acceptors (Lipinski definition) is 8. The van der Waals surface area contributed by atoms with Crippen molar-refractivity contribution < 1.29 is 24.2 Å². The molecule has 1 aromatic carbocycles. The van der Waals surface area contributed by atoms with Gasteiger partial charge in [-0.15, -0.1) is 0 Å². The van der Waals surface area contributed by atoms with Gasteiger partial charge in [-0.1, -0.05) is 0 Å². The number of nitrogens with zero attached hydrogens (tertiary/aromatic N) is 2. The van der Waals surface area contributed by atoms with Crippen molar-refractivity contribution in [3.8, 4) is 0 Å². The summed E-state index contributed by atoms with van der Waals surface area (Å²) in [6.45, 7) is 2.45. The molecule has 0 saturated heterocycles. The van der Waals surface area contributed by atoms with Crippen LogP contribution >= 0.6 is 12.2 Å². The van der Waals surface area contributed by atoms with Crippen molar-refractivity contribution in [1.82, 2.24) is 16.2 Å². The molecule has 0 bridgehead atoms. The Kier molecular flexibility index (Phi) is 7.98. The molecule has 0 aliphatic heterocycles. The van der Waals surface area contributed by atoms with Gasteiger partial charge < -0.3 is 4.74 Å². The molecule has 0 fully saturated rings. The molecule has 0 aromatic heterocycles. The van der Waals surface area contributed by atoms with Gasteiger partial charge in [0, 0.05) is 18.7 Å². The first kappa shape index (κ1) is 20.9. The third-order valence-electron chi connectivity index (χ3n) is 2.81. The summed E-state index contributed by atoms with van der Waals surface area (Å²) >= 11 is 4.80. The normalized spacial score (nSPS) is 9.88. The second-order valence-corrected chi connectivity index (χ2v) is 5.06. The number of benzene rings is 1. The lowest BCUT2D eigenvalue weighted by Gasteiger charge is -2.10. The number of amides is 2. The van der Waals surface area contributed by atoms with Gasteiger partial charge in [-0.25, -0.2) is 0 Å². The van der Waals surface area contributed by atoms with Crippen LogP contribution in [-0.2, 0) is 9.53 Å². The molecule has 1 rings (SSSR count). The summed E-state index contributed by atoms with van der Waals surface area (Å²) in [7, 11) is 0. The first-order valence-electron chi connectivity index (χ1n) is 7.16. The van der Waals surface area contributed by atoms with Gasteiger partial charge in [-0.05, 0) is 19.1 Å². The number of hydrogen-bond donors (Lipinski definition) is 3. The zero-order chi connectivity index (χ0) is 19.7. The van der Waals surface area contributed by atoms with E-state index in [0.717, 1.165) is 18.2 Å². The van der Waals surface area contributed by atoms with Crippen LogP contribution in [0.15, 0.2) is 18.2 Å². The first-order chi connectivity index (χ1) is 12.2. The second-order valence-electron chi connectivity index (χ2n) is 4.66. The van der Waals surface area contributed by atoms with E-state index in [1.807, 2.05) is 0 Å². The minimum atomic E-state index is -0.919. The number of nitrogens with one attached hydrogen (secondary N) is 3. The Hall–Kier alpha value is -3.19. The minimum absolute atomic E-state index is 0.0640. The highest BCUT2D eigenvalue weighted by atomic mass is 32.1. The Bertz CT molecular complexity index is 707. The Balaban J connectivity index is 2.69. The number of ether oxygens (including phenoxy) is 1. The van der Waals surface area contributed by atoms with Crippen molar-refractivity contribution in [2.45, 2.75) is 13.3 Å². The summed E-state index contributed by atoms with van der Waals surface area (Å²) in [5.41, 5.74) is 2.91. The summed E-state index contributed by atoms with van der Waals surface area (Å²) in [6.07, 6.45) is 0.0640. The van der Waals surface area contributed by atoms with E-state index in [1.165, 1.54) is 0 Å². The van der Waals surface area contributed by atoms with Gasteiger partial charge in [-0.2, -0.15) is 0 Å². The molecule has 0 aliphatic carbocycles. The van der Waals surface area contributed by atoms with Crippen molar-refractivity contribution >= 4 is 40.5 Å². The van der Waals surface area contributed by atoms with Gasteiger partial charge in [0.25, 0.3) is 17.3 Å². The molecule has 0 aliphatic rings. The molecule has 0 radical (unpaired) electrons. The molecule has 140 valence electrons. The van der Waals surface area contributed by atoms with E-state index < -0.39 is 33.0 Å². The molecule has 2 amide bonds. The molecule has 13 heteroatoms. The molecule has 0 unspecified atom stereocenters. The molecule has 0 atom stereocenters. The van der Waals surface area contributed by atoms with Crippen LogP contribution in [0, 0.1) is 20.2 Å². The lowest BCUT2D eigenvalue weighted by Crippen LogP contribution is -2.48. The number of nitro benzene ring substituents is 2. The second kappa shape index (κ2) is 9.95. The van der Waals surface area contributed by atoms with E-state index >= 15 is 0 Å². The number of hydrazine groups is 1. The maximum Gasteiger partial charge on any atom is 0.277 e. The zero-order valence-electron chi connectivity index (χ0n) is 13.5. The van der Waals surface area contributed by atoms with Crippen LogP contribution in [-0.4, -0.2) is 40.0 Å². The predicted octanol–water partition coefficient (Wildman–Crippen LogP) is 0.565. The zero-order valence-corrected chi connectivity index (χ0v) is 14.3. The number of nitro groups is 2. The van der Waals surface area contributed by atoms with Crippen molar-refractivity contribution in [3.63, 3.8) is 0 Å². The number of carbonyl (C=O) groups is 2. The standard InChI is InChI=1S/C13H15N5O7S/c1-2-25-4-3-11(19)15-16-13(26)14-12(20)8-5-9(17(21)22)7-10(6-8)18(23)24/h5-7H,2-4H2,1H3,(H,15,19)(H2,14,16,20,26). The first-order valence-corrected chi connectivity index (χ1v) is 7.57. The van der Waals surface area contributed by atoms with E-state index in [-0.39, 0.29) is 23.7 Å². The quantitative estimate of drug-likeness (QED) is 0.263. The van der Waals surface area contributed by atoms with Crippen LogP contribution in [0.2, 0.25) is 0 Å². The van der Waals surface area contributed by atoms with Crippen molar-refractivity contribution in [1.29, 1.82) is 0 Å². The number of carbonyl (C=O) groups excluding carboxylic acids is 2. The highest BCUT2D eigenvalue weighted by molar-refractivity contribution is 7.80. The van der Waals surface area contributed by atoms with E-state index in [4.69, 9.17) is 17.0 Å². The van der Waals surface area contributed by atoms with Gasteiger partial charge in [-0.3, -0.25) is 46.0 Å². The third-order valence-corrected chi connectivity index (χ3v) is 3.01. The maximum atomic E-state index is 12.0. The largest absolute Gasteiger partial charge is 0.381 e. The fraction of sp³-hybridized carbons (Fsp3) is 0.308. The third kappa shape index (κ3) is 6.74. The van der Waals surface area contributed by atoms with Gasteiger partial charge in [0.1, 0.15) is 0 Å². The molecule has 0 saturated carbocycles. The van der Waals surface area contributed by atoms with Gasteiger partial charge in [0.15, 0.2) is 5.11 Å². The predicted molar refractivity (Wildman–Crippen MR) is 92.2 cm³/mol. The van der Waals surface area contributed by atoms with E-state index in [0.29, 0.717) is 6.61 Å². The molecular weight excluding hydrogens is 370 g/mol. The summed E-state index contributed by atoms with van der Waals surface area (Å²) in [5.74, 6) is -1.36. The van der Waals surface area contributed by atoms with Crippen LogP contribution in [0.1, 0.15) is 23.7 Å². The minimum Gasteiger partial charge on any atom is -0.381 e. The average molecular weight is 385 g/mol. The molecule has 1 aromatic rings. The van der Waals surface area contributed by atoms with Crippen LogP contribution in [0.25, 0.3) is 0 Å². The van der Waals surface area contributed by atoms with Crippen LogP contribution in [0.5, 0.6) is 0 Å². The van der Waals surface area contributed by atoms with Crippen molar-refractivity contribution in [2.75, 3.05) is 13.2 Å². The number of rotatable bonds is 7. The van der Waals surface area contributed by atoms with Gasteiger partial charge in [0.2, 0.25) is 5.91 Å². The van der Waals surface area contributed by atoms with Gasteiger partial charge >= 0.3 is 0 Å². The molecule has 3 N–H and O–H groups in total. The SMILES string of the molecule is CCOCCC(=O)NNC(=S)NC(=O)c1cc([N+](=O)[O-])cc([N+](=O)[O-])c1. The molecular formula is C13H15N5O7S. The lowest BCUT2D eigenvalue weighted by atomic mass is 10.1. The fourth-order valence-corrected chi connectivity index (χ4v) is 1.79. The van der Waals surface area contributed by atoms with Gasteiger partial charge in [0.05, 0.1) is 34.5 Å². The van der Waals surface area contributed by atoms with Crippen LogP contribution in [0.4, 0.5) is 11.4 Å². The topological polar surface area (TPSA) is 166 Å². The Morgan fingerprint density at radius 3 is 2.19 bits per heavy atom. The Morgan fingerprint density at radius 2 is 1.69 bits per heavy atom. The molecule has 0 heterocycles. The summed E-state index contributed by atoms with van der Waals surface area (Å²) < 4.78 is 4.99. The molecule has 0 spiro atoms. The van der Waals surface area contributed by atoms with Crippen LogP contribution < -0.4 is 16.2 Å². The highest BCUT2D eigenvalue weighted by Gasteiger charge is 2.20.